The molecule has 0 aromatic rings. The fourth-order valence-electron chi connectivity index (χ4n) is 18.1. The van der Waals surface area contributed by atoms with E-state index in [9.17, 15) is 0 Å². The Balaban J connectivity index is 0. The van der Waals surface area contributed by atoms with Gasteiger partial charge in [0.2, 0.25) is 0 Å². The molecule has 10 heteroatoms. The molecule has 0 spiro atoms. The molecule has 0 aromatic heterocycles. The number of rotatable bonds is 24. The first-order chi connectivity index (χ1) is 52.9. The van der Waals surface area contributed by atoms with Crippen molar-refractivity contribution in [2.24, 2.45) is 94.7 Å². The summed E-state index contributed by atoms with van der Waals surface area (Å²) in [4.78, 5) is 20.7. The van der Waals surface area contributed by atoms with Crippen LogP contribution in [0.1, 0.15) is 405 Å². The van der Waals surface area contributed by atoms with Crippen molar-refractivity contribution in [2.45, 2.75) is 477 Å². The van der Waals surface area contributed by atoms with Gasteiger partial charge in [0.05, 0.1) is 0 Å². The third kappa shape index (κ3) is 56.4. The summed E-state index contributed by atoms with van der Waals surface area (Å²) in [5.41, 5.74) is 0.384. The van der Waals surface area contributed by atoms with E-state index in [1.165, 1.54) is 220 Å². The van der Waals surface area contributed by atoms with Crippen LogP contribution in [0.25, 0.3) is 0 Å². The number of nitrogens with one attached hydrogen (secondary N) is 2. The zero-order chi connectivity index (χ0) is 87.9. The smallest absolute Gasteiger partial charge is 0.0125 e. The largest absolute Gasteiger partial charge is 0.315 e. The van der Waals surface area contributed by atoms with Gasteiger partial charge >= 0.3 is 0 Å². The Bertz CT molecular complexity index is 1970. The molecule has 688 valence electrons. The number of hydrogen-bond donors (Lipinski definition) is 2. The molecule has 114 heavy (non-hydrogen) atoms. The molecule has 7 heterocycles. The van der Waals surface area contributed by atoms with Gasteiger partial charge < -0.3 is 40.0 Å². The van der Waals surface area contributed by atoms with Gasteiger partial charge in [0, 0.05) is 98.2 Å². The molecule has 7 aliphatic heterocycles. The average Bonchev–Trinajstić information content (AvgIpc) is 1.35. The summed E-state index contributed by atoms with van der Waals surface area (Å²) in [7, 11) is 2.19. The summed E-state index contributed by atoms with van der Waals surface area (Å²) in [6.45, 7) is 112. The third-order valence-electron chi connectivity index (χ3n) is 27.7. The highest BCUT2D eigenvalue weighted by atomic mass is 15.2. The lowest BCUT2D eigenvalue weighted by Gasteiger charge is -2.40. The van der Waals surface area contributed by atoms with Gasteiger partial charge in [-0.05, 0) is 420 Å². The molecule has 8 aliphatic rings. The summed E-state index contributed by atoms with van der Waals surface area (Å²) < 4.78 is 0. The van der Waals surface area contributed by atoms with Gasteiger partial charge in [0.15, 0.2) is 0 Å². The molecular weight excluding hydrogens is 1390 g/mol. The topological polar surface area (TPSA) is 50.0 Å². The van der Waals surface area contributed by atoms with Crippen LogP contribution in [0.4, 0.5) is 0 Å². The molecule has 7 saturated heterocycles. The highest BCUT2D eigenvalue weighted by Gasteiger charge is 2.31. The monoisotopic (exact) mass is 1610 g/mol. The van der Waals surface area contributed by atoms with Crippen molar-refractivity contribution in [3.63, 3.8) is 0 Å². The normalized spacial score (nSPS) is 23.9. The molecule has 10 nitrogen and oxygen atoms in total. The van der Waals surface area contributed by atoms with Crippen molar-refractivity contribution in [3.8, 4) is 0 Å². The SMILES string of the molecule is CC(C)C1CCCN(C(C)C)C1.CC(C)C1CCN(C(C)C)C1.CC(C)C1CCN(C(C)C)CC1.CC(C)C1CCN(C(C)C)CC1.CC(C)CC1CCCN1C(C)C.CC(C)CCN(C)C(C)C.CC(C)CCNC(C)C.CC(C)NC1CCC(C(C)C)CC1.CC(C)[C@@H]1CCCN(C(C)C)C1.C[C@H]1CCCN(C(C)(C)C)C1. The number of likely N-dealkylation sites (tertiary alicyclic amines) is 7. The predicted molar refractivity (Wildman–Crippen MR) is 519 cm³/mol. The van der Waals surface area contributed by atoms with E-state index in [0.717, 1.165) is 150 Å². The third-order valence-corrected chi connectivity index (χ3v) is 27.7. The molecule has 8 fully saturated rings. The summed E-state index contributed by atoms with van der Waals surface area (Å²) in [5, 5.41) is 7.02. The fourth-order valence-corrected chi connectivity index (χ4v) is 18.1. The molecule has 5 atom stereocenters. The van der Waals surface area contributed by atoms with Crippen LogP contribution < -0.4 is 10.6 Å². The Labute approximate surface area is 723 Å². The minimum Gasteiger partial charge on any atom is -0.315 e. The fraction of sp³-hybridized carbons (Fsp3) is 1.00. The van der Waals surface area contributed by atoms with Crippen molar-refractivity contribution in [3.05, 3.63) is 0 Å². The Morgan fingerprint density at radius 2 is 0.667 bits per heavy atom. The van der Waals surface area contributed by atoms with Crippen LogP contribution in [0.3, 0.4) is 0 Å². The molecule has 0 bridgehead atoms. The minimum atomic E-state index is 0.384. The first-order valence-electron chi connectivity index (χ1n) is 50.3. The number of hydrogen-bond acceptors (Lipinski definition) is 10. The van der Waals surface area contributed by atoms with Gasteiger partial charge in [-0.1, -0.05) is 159 Å². The molecule has 2 N–H and O–H groups in total. The zero-order valence-corrected chi connectivity index (χ0v) is 86.4. The van der Waals surface area contributed by atoms with Crippen molar-refractivity contribution in [1.29, 1.82) is 0 Å². The van der Waals surface area contributed by atoms with Gasteiger partial charge in [0.1, 0.15) is 0 Å². The van der Waals surface area contributed by atoms with E-state index in [1.807, 2.05) is 0 Å². The van der Waals surface area contributed by atoms with Crippen molar-refractivity contribution in [1.82, 2.24) is 49.8 Å². The summed E-state index contributed by atoms with van der Waals surface area (Å²) >= 11 is 0. The summed E-state index contributed by atoms with van der Waals surface area (Å²) in [6, 6.07) is 8.15. The highest BCUT2D eigenvalue weighted by molar-refractivity contribution is 4.86. The standard InChI is InChI=1S/C12H25N.5C11H23N.2C10H21N.C9H21N.C8H19N/c1-9(2)11-5-7-12(8-6-11)13-10(3)4;2*1-9(2)11-5-7-12(8-6-11)10(3)4;2*1-9(2)11-6-5-7-12(8-11)10(3)4;1-9(2)8-11-6-5-7-12(11)10(3)4;1-8(2)10-5-6-11(7-10)9(3)4;1-9-6-5-7-11(8-9)10(2,3)4;1-8(2)6-7-10(5)9(3)4;1-7(2)5-6-9-8(3)4/h9-13H,5-8H2,1-4H3;5*9-11H,5-8H2,1-4H3;8-10H,5-7H2,1-4H3;9H,5-8H2,1-4H3;8-9H,6-7H2,1-5H3;7-9H,5-6H2,1-4H3/t;;;11-;;;;9-;;/m...1...0../s1. The van der Waals surface area contributed by atoms with Gasteiger partial charge in [0.25, 0.3) is 0 Å². The van der Waals surface area contributed by atoms with E-state index >= 15 is 0 Å². The molecule has 8 rings (SSSR count). The Hall–Kier alpha value is -0.400. The first-order valence-corrected chi connectivity index (χ1v) is 50.3. The maximum Gasteiger partial charge on any atom is 0.0125 e. The van der Waals surface area contributed by atoms with Crippen LogP contribution in [-0.4, -0.2) is 216 Å². The molecule has 0 aromatic carbocycles. The van der Waals surface area contributed by atoms with Crippen LogP contribution in [0.5, 0.6) is 0 Å². The summed E-state index contributed by atoms with van der Waals surface area (Å²) in [6.07, 6.45) is 28.0. The van der Waals surface area contributed by atoms with Crippen LogP contribution >= 0.6 is 0 Å². The van der Waals surface area contributed by atoms with E-state index in [1.54, 1.807) is 0 Å². The van der Waals surface area contributed by atoms with Crippen LogP contribution in [0.2, 0.25) is 0 Å². The van der Waals surface area contributed by atoms with Gasteiger partial charge in [-0.2, -0.15) is 0 Å². The Kier molecular flexibility index (Phi) is 65.3. The maximum absolute atomic E-state index is 3.64. The van der Waals surface area contributed by atoms with E-state index in [4.69, 9.17) is 0 Å². The maximum atomic E-state index is 3.64. The van der Waals surface area contributed by atoms with Gasteiger partial charge in [-0.25, -0.2) is 0 Å². The molecule has 0 amide bonds. The van der Waals surface area contributed by atoms with Crippen LogP contribution in [-0.2, 0) is 0 Å². The molecule has 1 aliphatic carbocycles. The quantitative estimate of drug-likeness (QED) is 0.0977. The first kappa shape index (κ1) is 116. The lowest BCUT2D eigenvalue weighted by atomic mass is 9.79. The van der Waals surface area contributed by atoms with Crippen molar-refractivity contribution in [2.75, 3.05) is 105 Å². The van der Waals surface area contributed by atoms with E-state index in [2.05, 4.69) is 334 Å². The van der Waals surface area contributed by atoms with Gasteiger partial charge in [-0.15, -0.1) is 0 Å². The Morgan fingerprint density at radius 1 is 0.325 bits per heavy atom. The average molecular weight is 1610 g/mol. The number of piperidine rings is 5. The van der Waals surface area contributed by atoms with Crippen molar-refractivity contribution >= 4 is 0 Å². The van der Waals surface area contributed by atoms with Crippen molar-refractivity contribution < 1.29 is 0 Å². The van der Waals surface area contributed by atoms with Crippen LogP contribution in [0, 0.1) is 94.7 Å². The molecule has 3 unspecified atom stereocenters. The zero-order valence-electron chi connectivity index (χ0n) is 86.4. The number of nitrogens with zero attached hydrogens (tertiary/aromatic N) is 8. The molecule has 1 saturated carbocycles. The Morgan fingerprint density at radius 3 is 0.956 bits per heavy atom. The molecular formula is C104H222N10. The van der Waals surface area contributed by atoms with E-state index in [0.29, 0.717) is 23.7 Å². The molecule has 0 radical (unpaired) electrons. The second kappa shape index (κ2) is 64.4. The highest BCUT2D eigenvalue weighted by Crippen LogP contribution is 2.33. The predicted octanol–water partition coefficient (Wildman–Crippen LogP) is 26.4. The summed E-state index contributed by atoms with van der Waals surface area (Å²) in [5.74, 6) is 14.5. The lowest BCUT2D eigenvalue weighted by molar-refractivity contribution is 0.0843. The van der Waals surface area contributed by atoms with E-state index in [-0.39, 0.29) is 0 Å². The van der Waals surface area contributed by atoms with Crippen LogP contribution in [0.15, 0.2) is 0 Å². The lowest BCUT2D eigenvalue weighted by Crippen LogP contribution is -2.46. The second-order valence-electron chi connectivity index (χ2n) is 45.1. The van der Waals surface area contributed by atoms with E-state index < -0.39 is 0 Å². The van der Waals surface area contributed by atoms with Gasteiger partial charge in [-0.3, -0.25) is 9.80 Å². The minimum absolute atomic E-state index is 0.384. The second-order valence-corrected chi connectivity index (χ2v) is 45.1.